The van der Waals surface area contributed by atoms with Gasteiger partial charge in [-0.2, -0.15) is 5.10 Å². The highest BCUT2D eigenvalue weighted by Crippen LogP contribution is 2.32. The number of carbonyl (C=O) groups excluding carboxylic acids is 1. The van der Waals surface area contributed by atoms with E-state index in [-0.39, 0.29) is 18.6 Å². The Kier molecular flexibility index (Phi) is 7.52. The molecule has 9 heteroatoms. The number of nitrogens with zero attached hydrogens (tertiary/aromatic N) is 2. The van der Waals surface area contributed by atoms with Crippen molar-refractivity contribution >= 4 is 25.8 Å². The number of anilines is 1. The van der Waals surface area contributed by atoms with Crippen LogP contribution in [0.2, 0.25) is 25.7 Å². The first-order chi connectivity index (χ1) is 15.1. The summed E-state index contributed by atoms with van der Waals surface area (Å²) in [5, 5.41) is 19.3. The van der Waals surface area contributed by atoms with Gasteiger partial charge < -0.3 is 20.5 Å². The molecule has 0 saturated carbocycles. The highest BCUT2D eigenvalue weighted by Gasteiger charge is 2.21. The average Bonchev–Trinajstić information content (AvgIpc) is 3.11. The number of amides is 2. The average molecular weight is 457 g/mol. The molecule has 1 aromatic carbocycles. The minimum Gasteiger partial charge on any atom is -0.465 e. The van der Waals surface area contributed by atoms with E-state index >= 15 is 0 Å². The smallest absolute Gasteiger partial charge is 0.405 e. The lowest BCUT2D eigenvalue weighted by atomic mass is 9.98. The molecule has 8 nitrogen and oxygen atoms in total. The highest BCUT2D eigenvalue weighted by molar-refractivity contribution is 6.76. The number of nitrogens with one attached hydrogen (secondary N) is 2. The molecular formula is C23H32N4O4Si. The molecule has 3 N–H and O–H groups in total. The molecular weight excluding hydrogens is 424 g/mol. The van der Waals surface area contributed by atoms with E-state index in [1.807, 2.05) is 30.3 Å². The first kappa shape index (κ1) is 23.7. The summed E-state index contributed by atoms with van der Waals surface area (Å²) in [5.41, 5.74) is 3.01. The van der Waals surface area contributed by atoms with E-state index < -0.39 is 20.2 Å². The molecule has 2 heterocycles. The van der Waals surface area contributed by atoms with Gasteiger partial charge in [0.05, 0.1) is 29.5 Å². The van der Waals surface area contributed by atoms with Gasteiger partial charge in [0, 0.05) is 20.2 Å². The topological polar surface area (TPSA) is 105 Å². The van der Waals surface area contributed by atoms with Crippen LogP contribution in [0.15, 0.2) is 42.6 Å². The standard InChI is InChI=1S/C23H32N4O4Si/c1-16-7-5-10-19(26-23(29)30)17-8-6-9-18(13-17)21-20(25-22(16)28)14-24-27(21)15-31-11-12-32(2,3)4/h5-9,13-14,16,19,26H,10-12,15H2,1-4H3,(H,25,28)(H,29,30)/t16-,19+/m1/s1. The second-order valence-electron chi connectivity index (χ2n) is 9.32. The normalized spacial score (nSPS) is 18.8. The number of fused-ring (bicyclic) bond motifs is 4. The predicted molar refractivity (Wildman–Crippen MR) is 127 cm³/mol. The molecule has 1 aliphatic rings. The van der Waals surface area contributed by atoms with Crippen LogP contribution < -0.4 is 10.6 Å². The summed E-state index contributed by atoms with van der Waals surface area (Å²) in [6, 6.07) is 8.27. The maximum absolute atomic E-state index is 12.7. The molecule has 0 spiro atoms. The molecule has 172 valence electrons. The molecule has 0 fully saturated rings. The Labute approximate surface area is 189 Å². The maximum atomic E-state index is 12.7. The summed E-state index contributed by atoms with van der Waals surface area (Å²) in [6.45, 7) is 9.64. The Hall–Kier alpha value is -2.91. The van der Waals surface area contributed by atoms with Crippen LogP contribution in [0.1, 0.15) is 24.9 Å². The third-order valence-corrected chi connectivity index (χ3v) is 7.08. The van der Waals surface area contributed by atoms with Crippen molar-refractivity contribution in [2.24, 2.45) is 5.92 Å². The lowest BCUT2D eigenvalue weighted by Crippen LogP contribution is -2.26. The third-order valence-electron chi connectivity index (χ3n) is 5.38. The van der Waals surface area contributed by atoms with E-state index in [9.17, 15) is 14.7 Å². The zero-order valence-corrected chi connectivity index (χ0v) is 20.1. The Morgan fingerprint density at radius 3 is 2.88 bits per heavy atom. The summed E-state index contributed by atoms with van der Waals surface area (Å²) < 4.78 is 7.65. The van der Waals surface area contributed by atoms with Crippen molar-refractivity contribution in [2.75, 3.05) is 11.9 Å². The monoisotopic (exact) mass is 456 g/mol. The fourth-order valence-corrected chi connectivity index (χ4v) is 4.25. The van der Waals surface area contributed by atoms with Crippen molar-refractivity contribution in [2.45, 2.75) is 51.8 Å². The number of ether oxygens (including phenoxy) is 1. The zero-order valence-electron chi connectivity index (χ0n) is 19.1. The number of benzene rings is 1. The predicted octanol–water partition coefficient (Wildman–Crippen LogP) is 4.71. The van der Waals surface area contributed by atoms with Crippen LogP contribution in [0.4, 0.5) is 10.5 Å². The van der Waals surface area contributed by atoms with Crippen molar-refractivity contribution < 1.29 is 19.4 Å². The number of rotatable bonds is 6. The zero-order chi connectivity index (χ0) is 23.3. The molecule has 32 heavy (non-hydrogen) atoms. The SMILES string of the molecule is C[C@@H]1C=CC[C@H](NC(=O)O)c2cccc(c2)-c2c(cnn2COCC[Si](C)(C)C)NC1=O. The van der Waals surface area contributed by atoms with Crippen LogP contribution in [-0.2, 0) is 16.3 Å². The van der Waals surface area contributed by atoms with Gasteiger partial charge >= 0.3 is 6.09 Å². The fraction of sp³-hybridized carbons (Fsp3) is 0.435. The second kappa shape index (κ2) is 10.1. The van der Waals surface area contributed by atoms with Gasteiger partial charge in [0.1, 0.15) is 6.73 Å². The van der Waals surface area contributed by atoms with Crippen LogP contribution in [0, 0.1) is 5.92 Å². The Morgan fingerprint density at radius 2 is 2.16 bits per heavy atom. The third kappa shape index (κ3) is 6.30. The van der Waals surface area contributed by atoms with Gasteiger partial charge in [-0.15, -0.1) is 0 Å². The van der Waals surface area contributed by atoms with Gasteiger partial charge in [0.25, 0.3) is 0 Å². The number of carbonyl (C=O) groups is 2. The number of hydrogen-bond donors (Lipinski definition) is 3. The first-order valence-electron chi connectivity index (χ1n) is 10.8. The van der Waals surface area contributed by atoms with E-state index in [1.165, 1.54) is 0 Å². The number of aromatic nitrogens is 2. The van der Waals surface area contributed by atoms with Gasteiger partial charge in [-0.3, -0.25) is 4.79 Å². The second-order valence-corrected chi connectivity index (χ2v) is 14.9. The minimum absolute atomic E-state index is 0.152. The molecule has 0 saturated heterocycles. The van der Waals surface area contributed by atoms with Gasteiger partial charge in [-0.25, -0.2) is 9.48 Å². The fourth-order valence-electron chi connectivity index (χ4n) is 3.49. The quantitative estimate of drug-likeness (QED) is 0.332. The largest absolute Gasteiger partial charge is 0.465 e. The van der Waals surface area contributed by atoms with E-state index in [0.29, 0.717) is 18.7 Å². The lowest BCUT2D eigenvalue weighted by molar-refractivity contribution is -0.118. The summed E-state index contributed by atoms with van der Waals surface area (Å²) in [5.74, 6) is -0.524. The molecule has 3 rings (SSSR count). The maximum Gasteiger partial charge on any atom is 0.405 e. The molecule has 0 aliphatic carbocycles. The molecule has 2 atom stereocenters. The van der Waals surface area contributed by atoms with Crippen LogP contribution in [0.5, 0.6) is 0 Å². The van der Waals surface area contributed by atoms with Crippen molar-refractivity contribution in [1.29, 1.82) is 0 Å². The number of hydrogen-bond acceptors (Lipinski definition) is 4. The minimum atomic E-state index is -1.21. The molecule has 2 bridgehead atoms. The van der Waals surface area contributed by atoms with E-state index in [4.69, 9.17) is 4.74 Å². The Bertz CT molecular complexity index is 996. The van der Waals surface area contributed by atoms with Crippen molar-refractivity contribution in [3.63, 3.8) is 0 Å². The lowest BCUT2D eigenvalue weighted by Gasteiger charge is -2.19. The van der Waals surface area contributed by atoms with Crippen LogP contribution in [0.25, 0.3) is 11.3 Å². The van der Waals surface area contributed by atoms with Crippen molar-refractivity contribution in [3.05, 3.63) is 48.2 Å². The number of carboxylic acid groups (broad SMARTS) is 1. The summed E-state index contributed by atoms with van der Waals surface area (Å²) >= 11 is 0. The molecule has 2 amide bonds. The molecule has 0 radical (unpaired) electrons. The molecule has 1 aliphatic heterocycles. The van der Waals surface area contributed by atoms with Gasteiger partial charge in [-0.05, 0) is 24.1 Å². The van der Waals surface area contributed by atoms with Crippen LogP contribution in [0.3, 0.4) is 0 Å². The van der Waals surface area contributed by atoms with Gasteiger partial charge in [0.15, 0.2) is 0 Å². The van der Waals surface area contributed by atoms with E-state index in [0.717, 1.165) is 22.9 Å². The molecule has 0 unspecified atom stereocenters. The van der Waals surface area contributed by atoms with E-state index in [2.05, 4.69) is 35.4 Å². The summed E-state index contributed by atoms with van der Waals surface area (Å²) in [6.07, 6.45) is 4.63. The Balaban J connectivity index is 1.98. The van der Waals surface area contributed by atoms with Crippen LogP contribution >= 0.6 is 0 Å². The highest BCUT2D eigenvalue weighted by atomic mass is 28.3. The Morgan fingerprint density at radius 1 is 1.38 bits per heavy atom. The van der Waals surface area contributed by atoms with Crippen LogP contribution in [-0.4, -0.2) is 41.6 Å². The van der Waals surface area contributed by atoms with Gasteiger partial charge in [0.2, 0.25) is 5.91 Å². The van der Waals surface area contributed by atoms with Crippen molar-refractivity contribution in [1.82, 2.24) is 15.1 Å². The molecule has 2 aromatic rings. The van der Waals surface area contributed by atoms with Gasteiger partial charge in [-0.1, -0.05) is 56.9 Å². The summed E-state index contributed by atoms with van der Waals surface area (Å²) in [7, 11) is -1.21. The van der Waals surface area contributed by atoms with E-state index in [1.54, 1.807) is 23.9 Å². The van der Waals surface area contributed by atoms with Crippen molar-refractivity contribution in [3.8, 4) is 11.3 Å². The molecule has 1 aromatic heterocycles. The summed E-state index contributed by atoms with van der Waals surface area (Å²) in [4.78, 5) is 24.1. The first-order valence-corrected chi connectivity index (χ1v) is 14.6.